The van der Waals surface area contributed by atoms with E-state index in [0.29, 0.717) is 24.3 Å². The summed E-state index contributed by atoms with van der Waals surface area (Å²) in [5, 5.41) is 2.84. The summed E-state index contributed by atoms with van der Waals surface area (Å²) in [5.74, 6) is 0.225. The number of anilines is 2. The number of nitrogens with one attached hydrogen (secondary N) is 1. The molecule has 2 aromatic carbocycles. The lowest BCUT2D eigenvalue weighted by Crippen LogP contribution is -2.41. The van der Waals surface area contributed by atoms with Crippen LogP contribution in [0.5, 0.6) is 5.75 Å². The zero-order chi connectivity index (χ0) is 17.2. The summed E-state index contributed by atoms with van der Waals surface area (Å²) in [6, 6.07) is 16.5. The van der Waals surface area contributed by atoms with E-state index in [4.69, 9.17) is 4.74 Å². The average molecular weight is 324 g/mol. The van der Waals surface area contributed by atoms with E-state index in [-0.39, 0.29) is 11.8 Å². The quantitative estimate of drug-likeness (QED) is 0.860. The SMILES string of the molecule is COc1cccc(NC(=O)C2(C(=O)N(C)c3ccccc3)CC2)c1. The second-order valence-corrected chi connectivity index (χ2v) is 5.97. The Labute approximate surface area is 141 Å². The summed E-state index contributed by atoms with van der Waals surface area (Å²) in [4.78, 5) is 27.1. The molecule has 1 fully saturated rings. The predicted molar refractivity (Wildman–Crippen MR) is 93.1 cm³/mol. The molecule has 0 atom stereocenters. The van der Waals surface area contributed by atoms with Crippen molar-refractivity contribution in [2.24, 2.45) is 5.41 Å². The van der Waals surface area contributed by atoms with E-state index in [0.717, 1.165) is 5.69 Å². The van der Waals surface area contributed by atoms with Crippen molar-refractivity contribution in [2.45, 2.75) is 12.8 Å². The third kappa shape index (κ3) is 2.97. The number of carbonyl (C=O) groups excluding carboxylic acids is 2. The molecular weight excluding hydrogens is 304 g/mol. The molecule has 0 radical (unpaired) electrons. The second-order valence-electron chi connectivity index (χ2n) is 5.97. The largest absolute Gasteiger partial charge is 0.497 e. The van der Waals surface area contributed by atoms with Gasteiger partial charge in [0.1, 0.15) is 11.2 Å². The highest BCUT2D eigenvalue weighted by atomic mass is 16.5. The van der Waals surface area contributed by atoms with Crippen LogP contribution < -0.4 is 15.0 Å². The van der Waals surface area contributed by atoms with Crippen molar-refractivity contribution in [1.29, 1.82) is 0 Å². The third-order valence-corrected chi connectivity index (χ3v) is 4.37. The van der Waals surface area contributed by atoms with Gasteiger partial charge in [-0.15, -0.1) is 0 Å². The highest BCUT2D eigenvalue weighted by molar-refractivity contribution is 6.17. The van der Waals surface area contributed by atoms with Gasteiger partial charge in [-0.1, -0.05) is 24.3 Å². The third-order valence-electron chi connectivity index (χ3n) is 4.37. The molecule has 2 amide bonds. The molecular formula is C19H20N2O3. The summed E-state index contributed by atoms with van der Waals surface area (Å²) in [7, 11) is 3.28. The molecule has 0 bridgehead atoms. The summed E-state index contributed by atoms with van der Waals surface area (Å²) in [6.07, 6.45) is 1.14. The smallest absolute Gasteiger partial charge is 0.242 e. The topological polar surface area (TPSA) is 58.6 Å². The minimum Gasteiger partial charge on any atom is -0.497 e. The van der Waals surface area contributed by atoms with Crippen LogP contribution in [-0.4, -0.2) is 26.0 Å². The van der Waals surface area contributed by atoms with Gasteiger partial charge in [0.15, 0.2) is 0 Å². The average Bonchev–Trinajstić information content (AvgIpc) is 3.43. The van der Waals surface area contributed by atoms with E-state index in [9.17, 15) is 9.59 Å². The molecule has 124 valence electrons. The van der Waals surface area contributed by atoms with Crippen molar-refractivity contribution in [3.8, 4) is 5.75 Å². The summed E-state index contributed by atoms with van der Waals surface area (Å²) >= 11 is 0. The van der Waals surface area contributed by atoms with Crippen molar-refractivity contribution < 1.29 is 14.3 Å². The van der Waals surface area contributed by atoms with Crippen LogP contribution in [0.4, 0.5) is 11.4 Å². The summed E-state index contributed by atoms with van der Waals surface area (Å²) in [6.45, 7) is 0. The van der Waals surface area contributed by atoms with Crippen LogP contribution in [0.25, 0.3) is 0 Å². The van der Waals surface area contributed by atoms with Gasteiger partial charge in [0.25, 0.3) is 0 Å². The molecule has 3 rings (SSSR count). The van der Waals surface area contributed by atoms with Crippen LogP contribution in [0.2, 0.25) is 0 Å². The molecule has 1 aliphatic carbocycles. The Morgan fingerprint density at radius 2 is 1.79 bits per heavy atom. The lowest BCUT2D eigenvalue weighted by atomic mass is 10.0. The minimum absolute atomic E-state index is 0.172. The number of carbonyl (C=O) groups is 2. The molecule has 24 heavy (non-hydrogen) atoms. The first kappa shape index (κ1) is 16.1. The van der Waals surface area contributed by atoms with Gasteiger partial charge in [0, 0.05) is 24.5 Å². The van der Waals surface area contributed by atoms with E-state index < -0.39 is 5.41 Å². The van der Waals surface area contributed by atoms with E-state index in [1.54, 1.807) is 43.3 Å². The van der Waals surface area contributed by atoms with Crippen molar-refractivity contribution in [3.05, 3.63) is 54.6 Å². The van der Waals surface area contributed by atoms with Gasteiger partial charge in [-0.3, -0.25) is 9.59 Å². The first-order valence-corrected chi connectivity index (χ1v) is 7.85. The van der Waals surface area contributed by atoms with Crippen LogP contribution in [0.3, 0.4) is 0 Å². The Kier molecular flexibility index (Phi) is 4.25. The maximum Gasteiger partial charge on any atom is 0.242 e. The summed E-state index contributed by atoms with van der Waals surface area (Å²) in [5.41, 5.74) is 0.442. The van der Waals surface area contributed by atoms with Crippen molar-refractivity contribution in [3.63, 3.8) is 0 Å². The van der Waals surface area contributed by atoms with Crippen LogP contribution >= 0.6 is 0 Å². The molecule has 1 aliphatic rings. The number of hydrogen-bond acceptors (Lipinski definition) is 3. The Balaban J connectivity index is 1.75. The fourth-order valence-electron chi connectivity index (χ4n) is 2.70. The molecule has 0 aromatic heterocycles. The fourth-order valence-corrected chi connectivity index (χ4v) is 2.70. The monoisotopic (exact) mass is 324 g/mol. The van der Waals surface area contributed by atoms with Gasteiger partial charge in [0.05, 0.1) is 7.11 Å². The number of ether oxygens (including phenoxy) is 1. The zero-order valence-corrected chi connectivity index (χ0v) is 13.8. The predicted octanol–water partition coefficient (Wildman–Crippen LogP) is 3.08. The van der Waals surface area contributed by atoms with Crippen molar-refractivity contribution >= 4 is 23.2 Å². The lowest BCUT2D eigenvalue weighted by molar-refractivity contribution is -0.132. The van der Waals surface area contributed by atoms with E-state index in [1.807, 2.05) is 30.3 Å². The Bertz CT molecular complexity index is 754. The van der Waals surface area contributed by atoms with Crippen LogP contribution in [0.15, 0.2) is 54.6 Å². The molecule has 5 nitrogen and oxygen atoms in total. The maximum atomic E-state index is 12.8. The first-order valence-electron chi connectivity index (χ1n) is 7.85. The lowest BCUT2D eigenvalue weighted by Gasteiger charge is -2.23. The zero-order valence-electron chi connectivity index (χ0n) is 13.8. The van der Waals surface area contributed by atoms with Gasteiger partial charge >= 0.3 is 0 Å². The molecule has 0 aliphatic heterocycles. The van der Waals surface area contributed by atoms with Gasteiger partial charge in [-0.2, -0.15) is 0 Å². The Morgan fingerprint density at radius 3 is 2.42 bits per heavy atom. The van der Waals surface area contributed by atoms with Crippen molar-refractivity contribution in [2.75, 3.05) is 24.4 Å². The van der Waals surface area contributed by atoms with Gasteiger partial charge in [0.2, 0.25) is 11.8 Å². The number of para-hydroxylation sites is 1. The molecule has 0 heterocycles. The normalized spacial score (nSPS) is 14.6. The molecule has 1 N–H and O–H groups in total. The minimum atomic E-state index is -0.965. The Morgan fingerprint density at radius 1 is 1.08 bits per heavy atom. The highest BCUT2D eigenvalue weighted by Gasteiger charge is 2.57. The molecule has 0 saturated heterocycles. The van der Waals surface area contributed by atoms with Crippen LogP contribution in [-0.2, 0) is 9.59 Å². The molecule has 0 spiro atoms. The van der Waals surface area contributed by atoms with Gasteiger partial charge in [-0.05, 0) is 37.1 Å². The number of methoxy groups -OCH3 is 1. The number of amides is 2. The van der Waals surface area contributed by atoms with Gasteiger partial charge in [-0.25, -0.2) is 0 Å². The molecule has 1 saturated carbocycles. The fraction of sp³-hybridized carbons (Fsp3) is 0.263. The van der Waals surface area contributed by atoms with Crippen molar-refractivity contribution in [1.82, 2.24) is 0 Å². The number of nitrogens with zero attached hydrogens (tertiary/aromatic N) is 1. The Hall–Kier alpha value is -2.82. The number of rotatable bonds is 5. The van der Waals surface area contributed by atoms with Gasteiger partial charge < -0.3 is 15.0 Å². The number of hydrogen-bond donors (Lipinski definition) is 1. The number of benzene rings is 2. The summed E-state index contributed by atoms with van der Waals surface area (Å²) < 4.78 is 5.15. The van der Waals surface area contributed by atoms with E-state index in [1.165, 1.54) is 0 Å². The second kappa shape index (κ2) is 6.35. The first-order chi connectivity index (χ1) is 11.6. The molecule has 2 aromatic rings. The molecule has 0 unspecified atom stereocenters. The standard InChI is InChI=1S/C19H20N2O3/c1-21(15-8-4-3-5-9-15)18(23)19(11-12-19)17(22)20-14-7-6-10-16(13-14)24-2/h3-10,13H,11-12H2,1-2H3,(H,20,22). The highest BCUT2D eigenvalue weighted by Crippen LogP contribution is 2.48. The molecule has 5 heteroatoms. The van der Waals surface area contributed by atoms with Crippen LogP contribution in [0.1, 0.15) is 12.8 Å². The maximum absolute atomic E-state index is 12.8. The van der Waals surface area contributed by atoms with E-state index in [2.05, 4.69) is 5.32 Å². The van der Waals surface area contributed by atoms with Crippen LogP contribution in [0, 0.1) is 5.41 Å². The van der Waals surface area contributed by atoms with E-state index >= 15 is 0 Å².